The molecule has 1 aromatic rings. The number of hydrogen-bond donors (Lipinski definition) is 1. The summed E-state index contributed by atoms with van der Waals surface area (Å²) < 4.78 is 5.57. The maximum atomic E-state index is 5.57. The zero-order valence-corrected chi connectivity index (χ0v) is 8.99. The quantitative estimate of drug-likeness (QED) is 0.777. The average Bonchev–Trinajstić information content (AvgIpc) is 2.17. The van der Waals surface area contributed by atoms with E-state index in [-0.39, 0.29) is 6.10 Å². The van der Waals surface area contributed by atoms with Crippen LogP contribution in [0.5, 0.6) is 0 Å². The van der Waals surface area contributed by atoms with Crippen LogP contribution in [-0.2, 0) is 17.8 Å². The van der Waals surface area contributed by atoms with E-state index in [1.54, 1.807) is 0 Å². The summed E-state index contributed by atoms with van der Waals surface area (Å²) in [6.45, 7) is 5.48. The minimum Gasteiger partial charge on any atom is -0.374 e. The second kappa shape index (κ2) is 5.78. The molecule has 0 aliphatic heterocycles. The molecule has 0 aliphatic carbocycles. The van der Waals surface area contributed by atoms with Crippen LogP contribution in [0.4, 0.5) is 0 Å². The van der Waals surface area contributed by atoms with E-state index < -0.39 is 0 Å². The van der Waals surface area contributed by atoms with Gasteiger partial charge >= 0.3 is 0 Å². The summed E-state index contributed by atoms with van der Waals surface area (Å²) in [6, 6.07) is 8.31. The van der Waals surface area contributed by atoms with Crippen LogP contribution in [0.2, 0.25) is 0 Å². The summed E-state index contributed by atoms with van der Waals surface area (Å²) in [5.74, 6) is 0. The summed E-state index contributed by atoms with van der Waals surface area (Å²) in [4.78, 5) is 0. The van der Waals surface area contributed by atoms with Crippen molar-refractivity contribution < 1.29 is 4.74 Å². The zero-order valence-electron chi connectivity index (χ0n) is 8.99. The van der Waals surface area contributed by atoms with Crippen LogP contribution in [0, 0.1) is 0 Å². The van der Waals surface area contributed by atoms with Crippen molar-refractivity contribution in [3.8, 4) is 0 Å². The molecular formula is C12H19NO. The normalized spacial score (nSPS) is 10.9. The van der Waals surface area contributed by atoms with Gasteiger partial charge in [0, 0.05) is 0 Å². The van der Waals surface area contributed by atoms with Crippen LogP contribution < -0.4 is 5.73 Å². The predicted molar refractivity (Wildman–Crippen MR) is 59.1 cm³/mol. The topological polar surface area (TPSA) is 35.2 Å². The first-order valence-corrected chi connectivity index (χ1v) is 5.12. The summed E-state index contributed by atoms with van der Waals surface area (Å²) >= 11 is 0. The molecule has 0 amide bonds. The third-order valence-electron chi connectivity index (χ3n) is 2.10. The van der Waals surface area contributed by atoms with Crippen molar-refractivity contribution in [3.05, 3.63) is 35.4 Å². The molecular weight excluding hydrogens is 174 g/mol. The van der Waals surface area contributed by atoms with Gasteiger partial charge in [0.2, 0.25) is 0 Å². The lowest BCUT2D eigenvalue weighted by Gasteiger charge is -2.11. The molecule has 0 saturated carbocycles. The lowest BCUT2D eigenvalue weighted by atomic mass is 10.1. The largest absolute Gasteiger partial charge is 0.374 e. The number of hydrogen-bond acceptors (Lipinski definition) is 2. The van der Waals surface area contributed by atoms with Gasteiger partial charge in [0.05, 0.1) is 12.7 Å². The molecule has 0 unspecified atom stereocenters. The molecule has 2 heteroatoms. The predicted octanol–water partition coefficient (Wildman–Crippen LogP) is 2.11. The van der Waals surface area contributed by atoms with E-state index >= 15 is 0 Å². The number of ether oxygens (including phenoxy) is 1. The van der Waals surface area contributed by atoms with Crippen molar-refractivity contribution in [2.24, 2.45) is 5.73 Å². The molecule has 0 aliphatic rings. The fourth-order valence-corrected chi connectivity index (χ4v) is 1.35. The van der Waals surface area contributed by atoms with Gasteiger partial charge in [-0.2, -0.15) is 0 Å². The Balaban J connectivity index is 2.64. The molecule has 0 aromatic heterocycles. The van der Waals surface area contributed by atoms with Crippen LogP contribution in [0.3, 0.4) is 0 Å². The highest BCUT2D eigenvalue weighted by Crippen LogP contribution is 2.11. The third-order valence-corrected chi connectivity index (χ3v) is 2.10. The molecule has 2 nitrogen and oxygen atoms in total. The van der Waals surface area contributed by atoms with E-state index in [1.807, 2.05) is 26.0 Å². The van der Waals surface area contributed by atoms with E-state index in [2.05, 4.69) is 12.1 Å². The van der Waals surface area contributed by atoms with E-state index in [0.29, 0.717) is 13.2 Å². The Morgan fingerprint density at radius 2 is 1.86 bits per heavy atom. The molecule has 2 N–H and O–H groups in total. The van der Waals surface area contributed by atoms with Crippen molar-refractivity contribution in [2.45, 2.75) is 33.0 Å². The van der Waals surface area contributed by atoms with Crippen molar-refractivity contribution in [2.75, 3.05) is 6.54 Å². The highest BCUT2D eigenvalue weighted by molar-refractivity contribution is 5.26. The first kappa shape index (κ1) is 11.2. The van der Waals surface area contributed by atoms with E-state index in [9.17, 15) is 0 Å². The van der Waals surface area contributed by atoms with Gasteiger partial charge in [-0.15, -0.1) is 0 Å². The van der Waals surface area contributed by atoms with E-state index in [0.717, 1.165) is 6.42 Å². The first-order valence-electron chi connectivity index (χ1n) is 5.12. The van der Waals surface area contributed by atoms with Crippen molar-refractivity contribution in [1.29, 1.82) is 0 Å². The molecule has 0 saturated heterocycles. The molecule has 0 spiro atoms. The molecule has 1 aromatic carbocycles. The Kier molecular flexibility index (Phi) is 4.63. The molecule has 1 rings (SSSR count). The second-order valence-corrected chi connectivity index (χ2v) is 3.67. The fraction of sp³-hybridized carbons (Fsp3) is 0.500. The van der Waals surface area contributed by atoms with Gasteiger partial charge in [0.15, 0.2) is 0 Å². The van der Waals surface area contributed by atoms with Gasteiger partial charge in [0.25, 0.3) is 0 Å². The molecule has 0 bridgehead atoms. The Bertz CT molecular complexity index is 271. The van der Waals surface area contributed by atoms with Gasteiger partial charge in [-0.25, -0.2) is 0 Å². The van der Waals surface area contributed by atoms with Crippen LogP contribution in [0.15, 0.2) is 24.3 Å². The fourth-order valence-electron chi connectivity index (χ4n) is 1.35. The van der Waals surface area contributed by atoms with Gasteiger partial charge in [-0.1, -0.05) is 24.3 Å². The van der Waals surface area contributed by atoms with Crippen LogP contribution in [0.25, 0.3) is 0 Å². The van der Waals surface area contributed by atoms with E-state index in [4.69, 9.17) is 10.5 Å². The smallest absolute Gasteiger partial charge is 0.0723 e. The Morgan fingerprint density at radius 1 is 1.21 bits per heavy atom. The van der Waals surface area contributed by atoms with Crippen molar-refractivity contribution in [3.63, 3.8) is 0 Å². The summed E-state index contributed by atoms with van der Waals surface area (Å²) in [7, 11) is 0. The number of rotatable bonds is 5. The first-order chi connectivity index (χ1) is 6.74. The van der Waals surface area contributed by atoms with Gasteiger partial charge < -0.3 is 10.5 Å². The van der Waals surface area contributed by atoms with Gasteiger partial charge in [-0.05, 0) is 37.9 Å². The van der Waals surface area contributed by atoms with Crippen LogP contribution in [0.1, 0.15) is 25.0 Å². The number of benzene rings is 1. The molecule has 14 heavy (non-hydrogen) atoms. The standard InChI is InChI=1S/C12H19NO/c1-10(2)14-9-12-6-4-3-5-11(12)7-8-13/h3-6,10H,7-9,13H2,1-2H3. The monoisotopic (exact) mass is 193 g/mol. The second-order valence-electron chi connectivity index (χ2n) is 3.67. The minimum absolute atomic E-state index is 0.279. The van der Waals surface area contributed by atoms with Crippen molar-refractivity contribution in [1.82, 2.24) is 0 Å². The lowest BCUT2D eigenvalue weighted by Crippen LogP contribution is -2.08. The van der Waals surface area contributed by atoms with Crippen LogP contribution in [-0.4, -0.2) is 12.6 Å². The van der Waals surface area contributed by atoms with Crippen LogP contribution >= 0.6 is 0 Å². The Labute approximate surface area is 86.1 Å². The maximum absolute atomic E-state index is 5.57. The summed E-state index contributed by atoms with van der Waals surface area (Å²) in [5.41, 5.74) is 8.10. The molecule has 0 atom stereocenters. The minimum atomic E-state index is 0.279. The summed E-state index contributed by atoms with van der Waals surface area (Å²) in [5, 5.41) is 0. The Hall–Kier alpha value is -0.860. The summed E-state index contributed by atoms with van der Waals surface area (Å²) in [6.07, 6.45) is 1.21. The highest BCUT2D eigenvalue weighted by Gasteiger charge is 2.01. The average molecular weight is 193 g/mol. The zero-order chi connectivity index (χ0) is 10.4. The lowest BCUT2D eigenvalue weighted by molar-refractivity contribution is 0.0653. The number of nitrogens with two attached hydrogens (primary N) is 1. The highest BCUT2D eigenvalue weighted by atomic mass is 16.5. The molecule has 0 heterocycles. The molecule has 0 fully saturated rings. The van der Waals surface area contributed by atoms with E-state index in [1.165, 1.54) is 11.1 Å². The third kappa shape index (κ3) is 3.48. The molecule has 78 valence electrons. The maximum Gasteiger partial charge on any atom is 0.0723 e. The van der Waals surface area contributed by atoms with Gasteiger partial charge in [0.1, 0.15) is 0 Å². The molecule has 0 radical (unpaired) electrons. The Morgan fingerprint density at radius 3 is 2.43 bits per heavy atom. The van der Waals surface area contributed by atoms with Crippen molar-refractivity contribution >= 4 is 0 Å². The SMILES string of the molecule is CC(C)OCc1ccccc1CCN. The van der Waals surface area contributed by atoms with Gasteiger partial charge in [-0.3, -0.25) is 0 Å².